The van der Waals surface area contributed by atoms with Gasteiger partial charge < -0.3 is 9.64 Å². The van der Waals surface area contributed by atoms with E-state index in [0.717, 1.165) is 24.1 Å². The number of carbonyl (C=O) groups is 2. The molecule has 2 aliphatic heterocycles. The van der Waals surface area contributed by atoms with Crippen LogP contribution in [0, 0.1) is 6.92 Å². The van der Waals surface area contributed by atoms with Gasteiger partial charge in [0.05, 0.1) is 5.56 Å². The van der Waals surface area contributed by atoms with Crippen molar-refractivity contribution in [3.63, 3.8) is 0 Å². The molecule has 0 radical (unpaired) electrons. The number of ether oxygens (including phenoxy) is 1. The third kappa shape index (κ3) is 2.48. The number of cyclic esters (lactones) is 1. The predicted molar refractivity (Wildman–Crippen MR) is 91.2 cm³/mol. The Morgan fingerprint density at radius 2 is 2.00 bits per heavy atom. The first-order chi connectivity index (χ1) is 11.6. The summed E-state index contributed by atoms with van der Waals surface area (Å²) in [6.07, 6.45) is 1.62. The Labute approximate surface area is 141 Å². The number of aryl methyl sites for hydroxylation is 2. The van der Waals surface area contributed by atoms with Crippen LogP contribution in [0.25, 0.3) is 0 Å². The molecule has 0 N–H and O–H groups in total. The van der Waals surface area contributed by atoms with Gasteiger partial charge in [-0.25, -0.2) is 4.79 Å². The van der Waals surface area contributed by atoms with E-state index in [9.17, 15) is 9.59 Å². The number of benzene rings is 2. The van der Waals surface area contributed by atoms with Crippen molar-refractivity contribution in [1.82, 2.24) is 0 Å². The Morgan fingerprint density at radius 3 is 2.88 bits per heavy atom. The fourth-order valence-electron chi connectivity index (χ4n) is 3.60. The van der Waals surface area contributed by atoms with Crippen LogP contribution in [0.4, 0.5) is 5.69 Å². The summed E-state index contributed by atoms with van der Waals surface area (Å²) in [5, 5.41) is 0. The van der Waals surface area contributed by atoms with Crippen LogP contribution >= 0.6 is 0 Å². The van der Waals surface area contributed by atoms with Crippen LogP contribution in [0.1, 0.15) is 33.5 Å². The van der Waals surface area contributed by atoms with Gasteiger partial charge in [0.1, 0.15) is 0 Å². The number of esters is 1. The third-order valence-electron chi connectivity index (χ3n) is 4.79. The molecule has 0 bridgehead atoms. The maximum Gasteiger partial charge on any atom is 0.339 e. The van der Waals surface area contributed by atoms with E-state index in [1.165, 1.54) is 11.1 Å². The van der Waals surface area contributed by atoms with E-state index in [4.69, 9.17) is 4.74 Å². The Bertz CT molecular complexity index is 827. The lowest BCUT2D eigenvalue weighted by Gasteiger charge is -2.33. The average molecular weight is 321 g/mol. The van der Waals surface area contributed by atoms with Crippen molar-refractivity contribution >= 4 is 17.6 Å². The summed E-state index contributed by atoms with van der Waals surface area (Å²) in [5.41, 5.74) is 4.79. The van der Waals surface area contributed by atoms with Crippen LogP contribution in [0.15, 0.2) is 42.5 Å². The minimum absolute atomic E-state index is 0.123. The van der Waals surface area contributed by atoms with Gasteiger partial charge in [-0.1, -0.05) is 35.9 Å². The monoisotopic (exact) mass is 321 g/mol. The second-order valence-corrected chi connectivity index (χ2v) is 6.48. The molecule has 0 fully saturated rings. The number of rotatable bonds is 1. The fourth-order valence-corrected chi connectivity index (χ4v) is 3.60. The van der Waals surface area contributed by atoms with Gasteiger partial charge in [-0.05, 0) is 43.0 Å². The van der Waals surface area contributed by atoms with E-state index < -0.39 is 12.1 Å². The van der Waals surface area contributed by atoms with Crippen molar-refractivity contribution in [2.75, 3.05) is 11.4 Å². The molecule has 1 atom stereocenters. The highest BCUT2D eigenvalue weighted by Gasteiger charge is 2.35. The lowest BCUT2D eigenvalue weighted by atomic mass is 9.96. The normalized spacial score (nSPS) is 19.3. The van der Waals surface area contributed by atoms with E-state index >= 15 is 0 Å². The molecule has 0 saturated heterocycles. The second kappa shape index (κ2) is 5.78. The molecule has 0 aromatic heterocycles. The Hall–Kier alpha value is -2.62. The molecule has 4 rings (SSSR count). The number of fused-ring (bicyclic) bond motifs is 2. The van der Waals surface area contributed by atoms with Crippen LogP contribution in [0.2, 0.25) is 0 Å². The summed E-state index contributed by atoms with van der Waals surface area (Å²) in [5.74, 6) is -0.529. The molecule has 2 aromatic rings. The van der Waals surface area contributed by atoms with Crippen molar-refractivity contribution in [1.29, 1.82) is 0 Å². The zero-order valence-electron chi connectivity index (χ0n) is 13.6. The molecule has 0 spiro atoms. The first kappa shape index (κ1) is 14.9. The number of hydrogen-bond donors (Lipinski definition) is 0. The molecule has 2 aliphatic rings. The van der Waals surface area contributed by atoms with Gasteiger partial charge in [0, 0.05) is 18.7 Å². The predicted octanol–water partition coefficient (Wildman–Crippen LogP) is 3.06. The van der Waals surface area contributed by atoms with Gasteiger partial charge in [0.25, 0.3) is 5.91 Å². The molecule has 0 saturated carbocycles. The van der Waals surface area contributed by atoms with Gasteiger partial charge in [-0.2, -0.15) is 0 Å². The summed E-state index contributed by atoms with van der Waals surface area (Å²) in [7, 11) is 0. The Kier molecular flexibility index (Phi) is 3.60. The first-order valence-corrected chi connectivity index (χ1v) is 8.33. The minimum Gasteiger partial charge on any atom is -0.448 e. The highest BCUT2D eigenvalue weighted by atomic mass is 16.5. The number of nitrogens with zero attached hydrogens (tertiary/aromatic N) is 1. The van der Waals surface area contributed by atoms with Gasteiger partial charge >= 0.3 is 5.97 Å². The summed E-state index contributed by atoms with van der Waals surface area (Å²) < 4.78 is 5.44. The highest BCUT2D eigenvalue weighted by Crippen LogP contribution is 2.30. The molecule has 2 heterocycles. The molecule has 0 aliphatic carbocycles. The molecule has 1 unspecified atom stereocenters. The third-order valence-corrected chi connectivity index (χ3v) is 4.79. The second-order valence-electron chi connectivity index (χ2n) is 6.48. The first-order valence-electron chi connectivity index (χ1n) is 8.33. The smallest absolute Gasteiger partial charge is 0.339 e. The summed E-state index contributed by atoms with van der Waals surface area (Å²) in [6.45, 7) is 2.73. The molecule has 24 heavy (non-hydrogen) atoms. The maximum atomic E-state index is 13.0. The molecule has 122 valence electrons. The van der Waals surface area contributed by atoms with E-state index in [2.05, 4.69) is 13.0 Å². The molecule has 2 aromatic carbocycles. The van der Waals surface area contributed by atoms with Gasteiger partial charge in [-0.15, -0.1) is 0 Å². The Morgan fingerprint density at radius 1 is 1.17 bits per heavy atom. The fraction of sp³-hybridized carbons (Fsp3) is 0.300. The van der Waals surface area contributed by atoms with Crippen LogP contribution in [-0.2, 0) is 22.4 Å². The van der Waals surface area contributed by atoms with Crippen LogP contribution < -0.4 is 4.90 Å². The quantitative estimate of drug-likeness (QED) is 0.759. The van der Waals surface area contributed by atoms with Crippen molar-refractivity contribution < 1.29 is 14.3 Å². The Balaban J connectivity index is 1.63. The van der Waals surface area contributed by atoms with Crippen LogP contribution in [0.3, 0.4) is 0 Å². The number of hydrogen-bond acceptors (Lipinski definition) is 3. The lowest BCUT2D eigenvalue weighted by molar-refractivity contribution is -0.127. The lowest BCUT2D eigenvalue weighted by Crippen LogP contribution is -2.46. The molecule has 1 amide bonds. The molecular formula is C20H19NO3. The summed E-state index contributed by atoms with van der Waals surface area (Å²) in [6, 6.07) is 13.5. The highest BCUT2D eigenvalue weighted by molar-refractivity contribution is 6.02. The maximum absolute atomic E-state index is 13.0. The molecular weight excluding hydrogens is 302 g/mol. The van der Waals surface area contributed by atoms with Crippen molar-refractivity contribution in [3.8, 4) is 0 Å². The van der Waals surface area contributed by atoms with Crippen molar-refractivity contribution in [3.05, 3.63) is 64.7 Å². The SMILES string of the molecule is Cc1ccc2c(c1)CCCN2C(=O)C1Cc2ccccc2C(=O)O1. The standard InChI is InChI=1S/C20H19NO3/c1-13-8-9-17-15(11-13)6-4-10-21(17)19(22)18-12-14-5-2-3-7-16(14)20(23)24-18/h2-3,5,7-9,11,18H,4,6,10,12H2,1H3. The summed E-state index contributed by atoms with van der Waals surface area (Å²) >= 11 is 0. The van der Waals surface area contributed by atoms with Crippen molar-refractivity contribution in [2.45, 2.75) is 32.3 Å². The van der Waals surface area contributed by atoms with Gasteiger partial charge in [0.2, 0.25) is 0 Å². The van der Waals surface area contributed by atoms with Crippen LogP contribution in [0.5, 0.6) is 0 Å². The van der Waals surface area contributed by atoms with E-state index in [1.54, 1.807) is 11.0 Å². The topological polar surface area (TPSA) is 46.6 Å². The van der Waals surface area contributed by atoms with E-state index in [0.29, 0.717) is 18.5 Å². The largest absolute Gasteiger partial charge is 0.448 e. The number of anilines is 1. The number of amides is 1. The summed E-state index contributed by atoms with van der Waals surface area (Å²) in [4.78, 5) is 27.0. The zero-order valence-corrected chi connectivity index (χ0v) is 13.6. The van der Waals surface area contributed by atoms with Crippen molar-refractivity contribution in [2.24, 2.45) is 0 Å². The average Bonchev–Trinajstić information content (AvgIpc) is 2.60. The van der Waals surface area contributed by atoms with E-state index in [-0.39, 0.29) is 5.91 Å². The van der Waals surface area contributed by atoms with Gasteiger partial charge in [0.15, 0.2) is 6.10 Å². The van der Waals surface area contributed by atoms with Crippen LogP contribution in [-0.4, -0.2) is 24.5 Å². The molecule has 4 nitrogen and oxygen atoms in total. The minimum atomic E-state index is -0.736. The molecule has 4 heteroatoms. The van der Waals surface area contributed by atoms with E-state index in [1.807, 2.05) is 30.3 Å². The zero-order chi connectivity index (χ0) is 16.7. The number of carbonyl (C=O) groups excluding carboxylic acids is 2. The van der Waals surface area contributed by atoms with Gasteiger partial charge in [-0.3, -0.25) is 4.79 Å².